The molecule has 0 aliphatic rings. The third kappa shape index (κ3) is 4.24. The summed E-state index contributed by atoms with van der Waals surface area (Å²) in [4.78, 5) is -0.307. The number of rotatable bonds is 5. The molecule has 0 radical (unpaired) electrons. The fourth-order valence-corrected chi connectivity index (χ4v) is 3.39. The van der Waals surface area contributed by atoms with E-state index in [1.54, 1.807) is 0 Å². The van der Waals surface area contributed by atoms with Gasteiger partial charge in [0.15, 0.2) is 0 Å². The van der Waals surface area contributed by atoms with E-state index >= 15 is 0 Å². The Morgan fingerprint density at radius 3 is 2.29 bits per heavy atom. The van der Waals surface area contributed by atoms with Gasteiger partial charge < -0.3 is 10.5 Å². The van der Waals surface area contributed by atoms with Crippen molar-refractivity contribution in [3.63, 3.8) is 0 Å². The predicted octanol–water partition coefficient (Wildman–Crippen LogP) is 2.24. The largest absolute Gasteiger partial charge is 0.495 e. The molecule has 0 bridgehead atoms. The molecule has 21 heavy (non-hydrogen) atoms. The van der Waals surface area contributed by atoms with Crippen LogP contribution in [0.5, 0.6) is 5.75 Å². The highest BCUT2D eigenvalue weighted by Gasteiger charge is 2.38. The first-order valence-corrected chi connectivity index (χ1v) is 7.45. The van der Waals surface area contributed by atoms with Gasteiger partial charge in [0, 0.05) is 6.04 Å². The van der Waals surface area contributed by atoms with Crippen molar-refractivity contribution in [1.29, 1.82) is 0 Å². The standard InChI is InChI=1S/C12H17F3N2O3S/c1-8(2)17(7-12(13,14)15)21(18,19)9-4-5-11(20-3)10(16)6-9/h4-6,8H,7,16H2,1-3H3. The van der Waals surface area contributed by atoms with Crippen LogP contribution in [0.2, 0.25) is 0 Å². The molecule has 0 spiro atoms. The van der Waals surface area contributed by atoms with E-state index in [-0.39, 0.29) is 16.3 Å². The zero-order valence-electron chi connectivity index (χ0n) is 11.8. The molecule has 0 atom stereocenters. The van der Waals surface area contributed by atoms with Crippen molar-refractivity contribution in [2.75, 3.05) is 19.4 Å². The first kappa shape index (κ1) is 17.6. The summed E-state index contributed by atoms with van der Waals surface area (Å²) in [6.07, 6.45) is -4.63. The topological polar surface area (TPSA) is 72.6 Å². The summed E-state index contributed by atoms with van der Waals surface area (Å²) < 4.78 is 67.6. The van der Waals surface area contributed by atoms with Crippen LogP contribution < -0.4 is 10.5 Å². The maximum Gasteiger partial charge on any atom is 0.402 e. The fraction of sp³-hybridized carbons (Fsp3) is 0.500. The van der Waals surface area contributed by atoms with Gasteiger partial charge in [-0.3, -0.25) is 0 Å². The smallest absolute Gasteiger partial charge is 0.402 e. The van der Waals surface area contributed by atoms with Crippen molar-refractivity contribution in [3.8, 4) is 5.75 Å². The lowest BCUT2D eigenvalue weighted by molar-refractivity contribution is -0.138. The van der Waals surface area contributed by atoms with Crippen LogP contribution in [-0.2, 0) is 10.0 Å². The number of sulfonamides is 1. The van der Waals surface area contributed by atoms with E-state index in [4.69, 9.17) is 10.5 Å². The predicted molar refractivity (Wildman–Crippen MR) is 72.5 cm³/mol. The Labute approximate surface area is 121 Å². The Morgan fingerprint density at radius 1 is 1.33 bits per heavy atom. The maximum atomic E-state index is 12.6. The van der Waals surface area contributed by atoms with Crippen LogP contribution in [0, 0.1) is 0 Å². The summed E-state index contributed by atoms with van der Waals surface area (Å²) in [6, 6.07) is 2.70. The Hall–Kier alpha value is -1.48. The van der Waals surface area contributed by atoms with Crippen molar-refractivity contribution < 1.29 is 26.3 Å². The monoisotopic (exact) mass is 326 g/mol. The number of hydrogen-bond acceptors (Lipinski definition) is 4. The number of methoxy groups -OCH3 is 1. The zero-order chi connectivity index (χ0) is 16.4. The lowest BCUT2D eigenvalue weighted by atomic mass is 10.3. The van der Waals surface area contributed by atoms with Gasteiger partial charge in [0.2, 0.25) is 10.0 Å². The Morgan fingerprint density at radius 2 is 1.90 bits per heavy atom. The fourth-order valence-electron chi connectivity index (χ4n) is 1.73. The van der Waals surface area contributed by atoms with E-state index in [2.05, 4.69) is 0 Å². The van der Waals surface area contributed by atoms with E-state index in [0.717, 1.165) is 12.1 Å². The van der Waals surface area contributed by atoms with Gasteiger partial charge in [0.1, 0.15) is 12.3 Å². The van der Waals surface area contributed by atoms with Gasteiger partial charge in [0.05, 0.1) is 17.7 Å². The molecule has 0 heterocycles. The Kier molecular flexibility index (Phi) is 5.11. The SMILES string of the molecule is COc1ccc(S(=O)(=O)N(CC(F)(F)F)C(C)C)cc1N. The number of halogens is 3. The molecule has 1 aromatic rings. The second kappa shape index (κ2) is 6.10. The molecule has 0 saturated carbocycles. The zero-order valence-corrected chi connectivity index (χ0v) is 12.6. The highest BCUT2D eigenvalue weighted by atomic mass is 32.2. The summed E-state index contributed by atoms with van der Waals surface area (Å²) in [6.45, 7) is 1.19. The average molecular weight is 326 g/mol. The third-order valence-corrected chi connectivity index (χ3v) is 4.74. The van der Waals surface area contributed by atoms with Crippen molar-refractivity contribution in [1.82, 2.24) is 4.31 Å². The van der Waals surface area contributed by atoms with E-state index in [0.29, 0.717) is 4.31 Å². The van der Waals surface area contributed by atoms with Crippen LogP contribution >= 0.6 is 0 Å². The van der Waals surface area contributed by atoms with Crippen LogP contribution in [-0.4, -0.2) is 38.6 Å². The van der Waals surface area contributed by atoms with Crippen molar-refractivity contribution in [2.24, 2.45) is 0 Å². The number of benzene rings is 1. The number of nitrogen functional groups attached to an aromatic ring is 1. The molecular weight excluding hydrogens is 309 g/mol. The second-order valence-electron chi connectivity index (χ2n) is 4.66. The first-order valence-electron chi connectivity index (χ1n) is 6.01. The maximum absolute atomic E-state index is 12.6. The van der Waals surface area contributed by atoms with Crippen LogP contribution in [0.1, 0.15) is 13.8 Å². The molecule has 0 saturated heterocycles. The average Bonchev–Trinajstić information content (AvgIpc) is 2.34. The van der Waals surface area contributed by atoms with Crippen molar-refractivity contribution in [2.45, 2.75) is 31.0 Å². The van der Waals surface area contributed by atoms with Crippen LogP contribution in [0.25, 0.3) is 0 Å². The molecule has 5 nitrogen and oxygen atoms in total. The third-order valence-electron chi connectivity index (χ3n) is 2.72. The molecule has 1 aromatic carbocycles. The summed E-state index contributed by atoms with van der Waals surface area (Å²) in [5, 5.41) is 0. The molecule has 0 aliphatic carbocycles. The lowest BCUT2D eigenvalue weighted by Gasteiger charge is -2.27. The van der Waals surface area contributed by atoms with Crippen molar-refractivity contribution >= 4 is 15.7 Å². The van der Waals surface area contributed by atoms with Gasteiger partial charge in [-0.05, 0) is 32.0 Å². The Balaban J connectivity index is 3.26. The highest BCUT2D eigenvalue weighted by molar-refractivity contribution is 7.89. The van der Waals surface area contributed by atoms with Gasteiger partial charge in [0.25, 0.3) is 0 Å². The summed E-state index contributed by atoms with van der Waals surface area (Å²) in [5.74, 6) is 0.251. The second-order valence-corrected chi connectivity index (χ2v) is 6.55. The number of hydrogen-bond donors (Lipinski definition) is 1. The van der Waals surface area contributed by atoms with E-state index in [9.17, 15) is 21.6 Å². The molecule has 0 fully saturated rings. The molecule has 0 aromatic heterocycles. The quantitative estimate of drug-likeness (QED) is 0.842. The highest BCUT2D eigenvalue weighted by Crippen LogP contribution is 2.29. The normalized spacial score (nSPS) is 13.0. The van der Waals surface area contributed by atoms with Gasteiger partial charge >= 0.3 is 6.18 Å². The minimum absolute atomic E-state index is 0.0364. The molecule has 2 N–H and O–H groups in total. The molecule has 120 valence electrons. The van der Waals surface area contributed by atoms with Crippen LogP contribution in [0.3, 0.4) is 0 Å². The van der Waals surface area contributed by atoms with E-state index < -0.39 is 28.8 Å². The van der Waals surface area contributed by atoms with Crippen LogP contribution in [0.15, 0.2) is 23.1 Å². The van der Waals surface area contributed by atoms with E-state index in [1.165, 1.54) is 27.0 Å². The molecular formula is C12H17F3N2O3S. The molecule has 9 heteroatoms. The number of nitrogens with zero attached hydrogens (tertiary/aromatic N) is 1. The molecule has 0 aliphatic heterocycles. The van der Waals surface area contributed by atoms with Gasteiger partial charge in [-0.25, -0.2) is 8.42 Å². The molecule has 1 rings (SSSR count). The number of nitrogens with two attached hydrogens (primary N) is 1. The van der Waals surface area contributed by atoms with E-state index in [1.807, 2.05) is 0 Å². The van der Waals surface area contributed by atoms with Crippen LogP contribution in [0.4, 0.5) is 18.9 Å². The molecule has 0 unspecified atom stereocenters. The number of alkyl halides is 3. The minimum atomic E-state index is -4.63. The summed E-state index contributed by atoms with van der Waals surface area (Å²) >= 11 is 0. The molecule has 0 amide bonds. The minimum Gasteiger partial charge on any atom is -0.495 e. The van der Waals surface area contributed by atoms with Gasteiger partial charge in [-0.15, -0.1) is 0 Å². The van der Waals surface area contributed by atoms with Crippen molar-refractivity contribution in [3.05, 3.63) is 18.2 Å². The number of anilines is 1. The van der Waals surface area contributed by atoms with Gasteiger partial charge in [-0.1, -0.05) is 0 Å². The summed E-state index contributed by atoms with van der Waals surface area (Å²) in [5.41, 5.74) is 5.64. The summed E-state index contributed by atoms with van der Waals surface area (Å²) in [7, 11) is -2.95. The lowest BCUT2D eigenvalue weighted by Crippen LogP contribution is -2.43. The Bertz CT molecular complexity index is 600. The first-order chi connectivity index (χ1) is 9.49. The van der Waals surface area contributed by atoms with Gasteiger partial charge in [-0.2, -0.15) is 17.5 Å². The number of ether oxygens (including phenoxy) is 1.